The van der Waals surface area contributed by atoms with Gasteiger partial charge in [-0.1, -0.05) is 18.2 Å². The summed E-state index contributed by atoms with van der Waals surface area (Å²) < 4.78 is 0. The van der Waals surface area contributed by atoms with E-state index in [0.29, 0.717) is 13.1 Å². The second-order valence-corrected chi connectivity index (χ2v) is 4.48. The second-order valence-electron chi connectivity index (χ2n) is 4.48. The maximum atomic E-state index is 11.1. The van der Waals surface area contributed by atoms with Crippen molar-refractivity contribution >= 4 is 5.91 Å². The fourth-order valence-corrected chi connectivity index (χ4v) is 1.26. The number of benzene rings is 1. The van der Waals surface area contributed by atoms with Gasteiger partial charge in [0, 0.05) is 18.7 Å². The molecular weight excluding hydrogens is 204 g/mol. The highest BCUT2D eigenvalue weighted by Crippen LogP contribution is 2.16. The minimum atomic E-state index is -0.579. The van der Waals surface area contributed by atoms with E-state index in [4.69, 9.17) is 5.73 Å². The molecule has 0 heterocycles. The van der Waals surface area contributed by atoms with Crippen LogP contribution in [0.25, 0.3) is 0 Å². The van der Waals surface area contributed by atoms with Gasteiger partial charge in [-0.3, -0.25) is 4.79 Å². The van der Waals surface area contributed by atoms with Crippen molar-refractivity contribution in [1.82, 2.24) is 5.32 Å². The molecule has 0 bridgehead atoms. The van der Waals surface area contributed by atoms with Gasteiger partial charge in [0.05, 0.1) is 5.41 Å². The highest BCUT2D eigenvalue weighted by atomic mass is 16.3. The molecule has 1 amide bonds. The van der Waals surface area contributed by atoms with E-state index < -0.39 is 5.41 Å². The van der Waals surface area contributed by atoms with Crippen LogP contribution in [-0.2, 0) is 11.3 Å². The van der Waals surface area contributed by atoms with Crippen molar-refractivity contribution in [3.63, 3.8) is 0 Å². The summed E-state index contributed by atoms with van der Waals surface area (Å²) in [4.78, 5) is 11.1. The molecular formula is C12H18N2O2. The summed E-state index contributed by atoms with van der Waals surface area (Å²) in [6.45, 7) is 4.57. The Hall–Kier alpha value is -1.55. The van der Waals surface area contributed by atoms with Crippen LogP contribution in [0.2, 0.25) is 0 Å². The highest BCUT2D eigenvalue weighted by molar-refractivity contribution is 5.80. The SMILES string of the molecule is CC(C)(CNCc1ccccc1O)C(N)=O. The average molecular weight is 222 g/mol. The van der Waals surface area contributed by atoms with Crippen LogP contribution in [0, 0.1) is 5.41 Å². The lowest BCUT2D eigenvalue weighted by atomic mass is 9.93. The minimum absolute atomic E-state index is 0.256. The molecule has 0 aliphatic carbocycles. The zero-order valence-corrected chi connectivity index (χ0v) is 9.66. The number of para-hydroxylation sites is 1. The summed E-state index contributed by atoms with van der Waals surface area (Å²) >= 11 is 0. The van der Waals surface area contributed by atoms with Crippen molar-refractivity contribution in [2.75, 3.05) is 6.54 Å². The number of primary amides is 1. The van der Waals surface area contributed by atoms with Crippen LogP contribution in [0.3, 0.4) is 0 Å². The molecule has 0 fully saturated rings. The number of phenolic OH excluding ortho intramolecular Hbond substituents is 1. The Labute approximate surface area is 95.5 Å². The number of carbonyl (C=O) groups excluding carboxylic acids is 1. The van der Waals surface area contributed by atoms with Crippen molar-refractivity contribution in [1.29, 1.82) is 0 Å². The number of hydrogen-bond donors (Lipinski definition) is 3. The largest absolute Gasteiger partial charge is 0.508 e. The molecule has 16 heavy (non-hydrogen) atoms. The maximum absolute atomic E-state index is 11.1. The lowest BCUT2D eigenvalue weighted by Gasteiger charge is -2.20. The van der Waals surface area contributed by atoms with E-state index in [-0.39, 0.29) is 11.7 Å². The lowest BCUT2D eigenvalue weighted by Crippen LogP contribution is -2.40. The molecule has 0 aliphatic rings. The maximum Gasteiger partial charge on any atom is 0.224 e. The van der Waals surface area contributed by atoms with Gasteiger partial charge in [-0.15, -0.1) is 0 Å². The summed E-state index contributed by atoms with van der Waals surface area (Å²) in [6.07, 6.45) is 0. The van der Waals surface area contributed by atoms with Gasteiger partial charge in [0.15, 0.2) is 0 Å². The fourth-order valence-electron chi connectivity index (χ4n) is 1.26. The number of aromatic hydroxyl groups is 1. The first kappa shape index (κ1) is 12.5. The molecule has 0 saturated carbocycles. The summed E-state index contributed by atoms with van der Waals surface area (Å²) in [5.41, 5.74) is 5.48. The number of nitrogens with one attached hydrogen (secondary N) is 1. The van der Waals surface area contributed by atoms with Crippen molar-refractivity contribution in [3.8, 4) is 5.75 Å². The van der Waals surface area contributed by atoms with Gasteiger partial charge in [0.25, 0.3) is 0 Å². The van der Waals surface area contributed by atoms with Crippen molar-refractivity contribution in [3.05, 3.63) is 29.8 Å². The monoisotopic (exact) mass is 222 g/mol. The highest BCUT2D eigenvalue weighted by Gasteiger charge is 2.24. The molecule has 4 nitrogen and oxygen atoms in total. The number of nitrogens with two attached hydrogens (primary N) is 1. The van der Waals surface area contributed by atoms with Crippen LogP contribution < -0.4 is 11.1 Å². The molecule has 4 N–H and O–H groups in total. The van der Waals surface area contributed by atoms with E-state index in [2.05, 4.69) is 5.32 Å². The Balaban J connectivity index is 2.48. The van der Waals surface area contributed by atoms with Crippen LogP contribution >= 0.6 is 0 Å². The predicted octanol–water partition coefficient (Wildman–Crippen LogP) is 0.993. The van der Waals surface area contributed by atoms with Crippen LogP contribution in [0.4, 0.5) is 0 Å². The number of phenols is 1. The van der Waals surface area contributed by atoms with E-state index in [1.54, 1.807) is 26.0 Å². The summed E-state index contributed by atoms with van der Waals surface area (Å²) in [5, 5.41) is 12.6. The van der Waals surface area contributed by atoms with Crippen molar-refractivity contribution in [2.24, 2.45) is 11.1 Å². The average Bonchev–Trinajstić information content (AvgIpc) is 2.20. The lowest BCUT2D eigenvalue weighted by molar-refractivity contribution is -0.125. The molecule has 1 aromatic rings. The molecule has 0 radical (unpaired) electrons. The van der Waals surface area contributed by atoms with Crippen LogP contribution in [0.15, 0.2) is 24.3 Å². The van der Waals surface area contributed by atoms with E-state index in [9.17, 15) is 9.90 Å². The van der Waals surface area contributed by atoms with E-state index in [1.165, 1.54) is 0 Å². The molecule has 0 atom stereocenters. The molecule has 0 aromatic heterocycles. The van der Waals surface area contributed by atoms with Crippen molar-refractivity contribution in [2.45, 2.75) is 20.4 Å². The zero-order valence-electron chi connectivity index (χ0n) is 9.66. The van der Waals surface area contributed by atoms with Crippen LogP contribution in [0.5, 0.6) is 5.75 Å². The standard InChI is InChI=1S/C12H18N2O2/c1-12(2,11(13)16)8-14-7-9-5-3-4-6-10(9)15/h3-6,14-15H,7-8H2,1-2H3,(H2,13,16). The zero-order chi connectivity index (χ0) is 12.2. The number of hydrogen-bond acceptors (Lipinski definition) is 3. The van der Waals surface area contributed by atoms with Gasteiger partial charge in [0.1, 0.15) is 5.75 Å². The van der Waals surface area contributed by atoms with E-state index in [1.807, 2.05) is 12.1 Å². The molecule has 0 spiro atoms. The molecule has 4 heteroatoms. The van der Waals surface area contributed by atoms with Gasteiger partial charge < -0.3 is 16.2 Å². The Morgan fingerprint density at radius 3 is 2.62 bits per heavy atom. The second kappa shape index (κ2) is 4.99. The van der Waals surface area contributed by atoms with Gasteiger partial charge >= 0.3 is 0 Å². The van der Waals surface area contributed by atoms with Crippen LogP contribution in [-0.4, -0.2) is 17.6 Å². The van der Waals surface area contributed by atoms with Gasteiger partial charge in [0.2, 0.25) is 5.91 Å². The van der Waals surface area contributed by atoms with E-state index in [0.717, 1.165) is 5.56 Å². The first-order valence-electron chi connectivity index (χ1n) is 5.21. The molecule has 1 rings (SSSR count). The molecule has 0 unspecified atom stereocenters. The smallest absolute Gasteiger partial charge is 0.224 e. The van der Waals surface area contributed by atoms with E-state index >= 15 is 0 Å². The third-order valence-electron chi connectivity index (χ3n) is 2.54. The topological polar surface area (TPSA) is 75.3 Å². The number of amides is 1. The Morgan fingerprint density at radius 1 is 1.44 bits per heavy atom. The Bertz CT molecular complexity index is 375. The van der Waals surface area contributed by atoms with Crippen LogP contribution in [0.1, 0.15) is 19.4 Å². The molecule has 1 aromatic carbocycles. The minimum Gasteiger partial charge on any atom is -0.508 e. The third kappa shape index (κ3) is 3.24. The first-order valence-corrected chi connectivity index (χ1v) is 5.21. The summed E-state index contributed by atoms with van der Waals surface area (Å²) in [7, 11) is 0. The Morgan fingerprint density at radius 2 is 2.06 bits per heavy atom. The number of rotatable bonds is 5. The summed E-state index contributed by atoms with van der Waals surface area (Å²) in [6, 6.07) is 7.10. The third-order valence-corrected chi connectivity index (χ3v) is 2.54. The predicted molar refractivity (Wildman–Crippen MR) is 62.8 cm³/mol. The quantitative estimate of drug-likeness (QED) is 0.695. The van der Waals surface area contributed by atoms with Crippen molar-refractivity contribution < 1.29 is 9.90 Å². The number of carbonyl (C=O) groups is 1. The fraction of sp³-hybridized carbons (Fsp3) is 0.417. The van der Waals surface area contributed by atoms with Gasteiger partial charge in [-0.05, 0) is 19.9 Å². The molecule has 0 aliphatic heterocycles. The summed E-state index contributed by atoms with van der Waals surface area (Å²) in [5.74, 6) is -0.0795. The molecule has 88 valence electrons. The normalized spacial score (nSPS) is 11.4. The van der Waals surface area contributed by atoms with Gasteiger partial charge in [-0.25, -0.2) is 0 Å². The Kier molecular flexibility index (Phi) is 3.90. The van der Waals surface area contributed by atoms with Gasteiger partial charge in [-0.2, -0.15) is 0 Å². The molecule has 0 saturated heterocycles. The first-order chi connectivity index (χ1) is 7.43.